The Labute approximate surface area is 73.6 Å². The zero-order valence-corrected chi connectivity index (χ0v) is 8.04. The molecule has 3 saturated carbocycles. The molecule has 0 aromatic heterocycles. The van der Waals surface area contributed by atoms with E-state index in [1.165, 1.54) is 0 Å². The van der Waals surface area contributed by atoms with Crippen molar-refractivity contribution in [2.75, 3.05) is 0 Å². The van der Waals surface area contributed by atoms with Crippen LogP contribution in [0.1, 0.15) is 33.6 Å². The third kappa shape index (κ3) is 0.686. The summed E-state index contributed by atoms with van der Waals surface area (Å²) in [5.41, 5.74) is -0.582. The summed E-state index contributed by atoms with van der Waals surface area (Å²) < 4.78 is 0. The van der Waals surface area contributed by atoms with Crippen molar-refractivity contribution < 1.29 is 10.2 Å². The number of hydrogen-bond acceptors (Lipinski definition) is 2. The molecule has 2 bridgehead atoms. The molecule has 4 atom stereocenters. The Balaban J connectivity index is 2.30. The number of aliphatic hydroxyl groups is 2. The van der Waals surface area contributed by atoms with Crippen LogP contribution in [0, 0.1) is 17.3 Å². The number of rotatable bonds is 0. The van der Waals surface area contributed by atoms with Gasteiger partial charge < -0.3 is 10.2 Å². The average molecular weight is 170 g/mol. The van der Waals surface area contributed by atoms with E-state index in [1.54, 1.807) is 0 Å². The minimum absolute atomic E-state index is 0.0195. The Kier molecular flexibility index (Phi) is 1.45. The second-order valence-electron chi connectivity index (χ2n) is 5.14. The summed E-state index contributed by atoms with van der Waals surface area (Å²) in [5.74, 6) is 0.561. The molecule has 0 aliphatic heterocycles. The molecule has 0 amide bonds. The van der Waals surface area contributed by atoms with E-state index < -0.39 is 5.60 Å². The van der Waals surface area contributed by atoms with Crippen LogP contribution in [0.4, 0.5) is 0 Å². The largest absolute Gasteiger partial charge is 0.393 e. The van der Waals surface area contributed by atoms with Gasteiger partial charge in [-0.15, -0.1) is 0 Å². The molecular weight excluding hydrogens is 152 g/mol. The minimum Gasteiger partial charge on any atom is -0.393 e. The van der Waals surface area contributed by atoms with Gasteiger partial charge in [-0.1, -0.05) is 20.8 Å². The Morgan fingerprint density at radius 1 is 1.33 bits per heavy atom. The van der Waals surface area contributed by atoms with Crippen molar-refractivity contribution in [3.63, 3.8) is 0 Å². The highest BCUT2D eigenvalue weighted by Crippen LogP contribution is 2.63. The molecule has 2 heteroatoms. The van der Waals surface area contributed by atoms with Crippen molar-refractivity contribution in [1.82, 2.24) is 0 Å². The molecule has 0 saturated heterocycles. The first-order chi connectivity index (χ1) is 5.39. The van der Waals surface area contributed by atoms with E-state index in [0.717, 1.165) is 12.8 Å². The van der Waals surface area contributed by atoms with Crippen molar-refractivity contribution in [3.8, 4) is 0 Å². The van der Waals surface area contributed by atoms with Crippen LogP contribution < -0.4 is 0 Å². The van der Waals surface area contributed by atoms with Crippen molar-refractivity contribution in [2.45, 2.75) is 45.3 Å². The molecule has 3 fully saturated rings. The van der Waals surface area contributed by atoms with Crippen LogP contribution in [-0.4, -0.2) is 21.9 Å². The van der Waals surface area contributed by atoms with Gasteiger partial charge in [0.05, 0.1) is 11.7 Å². The molecule has 70 valence electrons. The fourth-order valence-electron chi connectivity index (χ4n) is 3.08. The average Bonchev–Trinajstić information content (AvgIpc) is 1.99. The van der Waals surface area contributed by atoms with Crippen molar-refractivity contribution in [1.29, 1.82) is 0 Å². The van der Waals surface area contributed by atoms with Crippen LogP contribution in [0.3, 0.4) is 0 Å². The molecule has 0 unspecified atom stereocenters. The highest BCUT2D eigenvalue weighted by molar-refractivity contribution is 5.16. The van der Waals surface area contributed by atoms with Crippen LogP contribution in [0.5, 0.6) is 0 Å². The Bertz CT molecular complexity index is 210. The van der Waals surface area contributed by atoms with Gasteiger partial charge in [0.2, 0.25) is 0 Å². The fraction of sp³-hybridized carbons (Fsp3) is 1.00. The Morgan fingerprint density at radius 2 is 1.92 bits per heavy atom. The van der Waals surface area contributed by atoms with Crippen LogP contribution >= 0.6 is 0 Å². The summed E-state index contributed by atoms with van der Waals surface area (Å²) in [7, 11) is 0. The number of hydrogen-bond donors (Lipinski definition) is 2. The summed E-state index contributed by atoms with van der Waals surface area (Å²) in [5, 5.41) is 19.9. The van der Waals surface area contributed by atoms with Gasteiger partial charge in [-0.05, 0) is 24.2 Å². The lowest BCUT2D eigenvalue weighted by Gasteiger charge is -2.66. The standard InChI is InChI=1S/C10H18O2/c1-6-8(11)4-7-5-10(6,12)9(7,2)3/h6-8,11-12H,4-5H2,1-3H3/t6-,7-,8+,10+/m0/s1. The van der Waals surface area contributed by atoms with E-state index in [1.807, 2.05) is 6.92 Å². The molecule has 0 aromatic carbocycles. The van der Waals surface area contributed by atoms with Gasteiger partial charge in [0.15, 0.2) is 0 Å². The van der Waals surface area contributed by atoms with Crippen LogP contribution in [-0.2, 0) is 0 Å². The predicted molar refractivity (Wildman–Crippen MR) is 46.6 cm³/mol. The third-order valence-corrected chi connectivity index (χ3v) is 4.55. The summed E-state index contributed by atoms with van der Waals surface area (Å²) in [6.45, 7) is 6.19. The summed E-state index contributed by atoms with van der Waals surface area (Å²) in [6, 6.07) is 0. The van der Waals surface area contributed by atoms with Crippen molar-refractivity contribution in [3.05, 3.63) is 0 Å². The lowest BCUT2D eigenvalue weighted by Crippen LogP contribution is -2.70. The van der Waals surface area contributed by atoms with E-state index in [2.05, 4.69) is 13.8 Å². The molecule has 3 aliphatic rings. The van der Waals surface area contributed by atoms with E-state index in [0.29, 0.717) is 5.92 Å². The molecule has 0 radical (unpaired) electrons. The van der Waals surface area contributed by atoms with Crippen molar-refractivity contribution >= 4 is 0 Å². The molecule has 3 rings (SSSR count). The number of fused-ring (bicyclic) bond motifs is 2. The SMILES string of the molecule is C[C@H]1[C@H](O)C[C@H]2C[C@]1(O)C2(C)C. The normalized spacial score (nSPS) is 56.2. The summed E-state index contributed by atoms with van der Waals surface area (Å²) in [4.78, 5) is 0. The van der Waals surface area contributed by atoms with E-state index >= 15 is 0 Å². The van der Waals surface area contributed by atoms with Crippen LogP contribution in [0.2, 0.25) is 0 Å². The van der Waals surface area contributed by atoms with Gasteiger partial charge in [-0.3, -0.25) is 0 Å². The molecule has 3 aliphatic carbocycles. The highest BCUT2D eigenvalue weighted by Gasteiger charge is 2.66. The number of aliphatic hydroxyl groups excluding tert-OH is 1. The fourth-order valence-corrected chi connectivity index (χ4v) is 3.08. The first-order valence-electron chi connectivity index (χ1n) is 4.80. The maximum atomic E-state index is 10.2. The zero-order valence-electron chi connectivity index (χ0n) is 8.04. The van der Waals surface area contributed by atoms with Gasteiger partial charge in [-0.2, -0.15) is 0 Å². The first kappa shape index (κ1) is 8.52. The van der Waals surface area contributed by atoms with E-state index in [-0.39, 0.29) is 17.4 Å². The van der Waals surface area contributed by atoms with Gasteiger partial charge >= 0.3 is 0 Å². The van der Waals surface area contributed by atoms with Gasteiger partial charge in [0.1, 0.15) is 0 Å². The van der Waals surface area contributed by atoms with Crippen LogP contribution in [0.25, 0.3) is 0 Å². The first-order valence-corrected chi connectivity index (χ1v) is 4.80. The molecular formula is C10H18O2. The lowest BCUT2D eigenvalue weighted by atomic mass is 9.42. The van der Waals surface area contributed by atoms with Crippen molar-refractivity contribution in [2.24, 2.45) is 17.3 Å². The maximum absolute atomic E-state index is 10.2. The van der Waals surface area contributed by atoms with Crippen LogP contribution in [0.15, 0.2) is 0 Å². The van der Waals surface area contributed by atoms with Gasteiger partial charge in [0.25, 0.3) is 0 Å². The molecule has 0 spiro atoms. The van der Waals surface area contributed by atoms with E-state index in [9.17, 15) is 10.2 Å². The predicted octanol–water partition coefficient (Wildman–Crippen LogP) is 1.16. The monoisotopic (exact) mass is 170 g/mol. The van der Waals surface area contributed by atoms with Gasteiger partial charge in [-0.25, -0.2) is 0 Å². The maximum Gasteiger partial charge on any atom is 0.0753 e. The Morgan fingerprint density at radius 3 is 2.33 bits per heavy atom. The molecule has 0 heterocycles. The summed E-state index contributed by atoms with van der Waals surface area (Å²) >= 11 is 0. The smallest absolute Gasteiger partial charge is 0.0753 e. The molecule has 0 aromatic rings. The second kappa shape index (κ2) is 2.05. The highest BCUT2D eigenvalue weighted by atomic mass is 16.3. The molecule has 2 N–H and O–H groups in total. The second-order valence-corrected chi connectivity index (χ2v) is 5.14. The molecule has 12 heavy (non-hydrogen) atoms. The minimum atomic E-state index is -0.602. The topological polar surface area (TPSA) is 40.5 Å². The third-order valence-electron chi connectivity index (χ3n) is 4.55. The zero-order chi connectivity index (χ0) is 9.15. The lowest BCUT2D eigenvalue weighted by molar-refractivity contribution is -0.278. The quantitative estimate of drug-likeness (QED) is 0.573. The molecule has 2 nitrogen and oxygen atoms in total. The van der Waals surface area contributed by atoms with E-state index in [4.69, 9.17) is 0 Å². The Hall–Kier alpha value is -0.0800. The summed E-state index contributed by atoms with van der Waals surface area (Å²) in [6.07, 6.45) is 1.47. The van der Waals surface area contributed by atoms with Gasteiger partial charge in [0, 0.05) is 5.92 Å².